The van der Waals surface area contributed by atoms with Crippen molar-refractivity contribution in [1.29, 1.82) is 0 Å². The predicted octanol–water partition coefficient (Wildman–Crippen LogP) is 4.90. The van der Waals surface area contributed by atoms with Crippen molar-refractivity contribution in [1.82, 2.24) is 5.16 Å². The van der Waals surface area contributed by atoms with Crippen molar-refractivity contribution in [2.24, 2.45) is 5.41 Å². The van der Waals surface area contributed by atoms with Crippen LogP contribution in [0.5, 0.6) is 0 Å². The van der Waals surface area contributed by atoms with Crippen molar-refractivity contribution < 1.29 is 22.5 Å². The number of nitrogens with zero attached hydrogens (tertiary/aromatic N) is 1. The van der Waals surface area contributed by atoms with Crippen molar-refractivity contribution in [3.63, 3.8) is 0 Å². The van der Waals surface area contributed by atoms with E-state index in [-0.39, 0.29) is 17.0 Å². The zero-order chi connectivity index (χ0) is 16.7. The number of ketones is 1. The van der Waals surface area contributed by atoms with E-state index < -0.39 is 17.4 Å². The lowest BCUT2D eigenvalue weighted by atomic mass is 9.86. The van der Waals surface area contributed by atoms with E-state index in [9.17, 15) is 18.0 Å². The molecule has 0 N–H and O–H groups in total. The topological polar surface area (TPSA) is 43.1 Å². The van der Waals surface area contributed by atoms with Crippen LogP contribution in [0.1, 0.15) is 42.5 Å². The molecule has 0 spiro atoms. The fourth-order valence-electron chi connectivity index (χ4n) is 2.08. The van der Waals surface area contributed by atoms with E-state index in [1.165, 1.54) is 6.92 Å². The van der Waals surface area contributed by atoms with Crippen molar-refractivity contribution in [2.75, 3.05) is 0 Å². The number of aromatic nitrogens is 1. The lowest BCUT2D eigenvalue weighted by molar-refractivity contribution is -0.156. The van der Waals surface area contributed by atoms with Gasteiger partial charge in [-0.2, -0.15) is 13.2 Å². The molecule has 1 aromatic heterocycles. The third-order valence-electron chi connectivity index (χ3n) is 3.28. The first-order valence-corrected chi connectivity index (χ1v) is 6.70. The second-order valence-corrected chi connectivity index (χ2v) is 6.14. The third-order valence-corrected chi connectivity index (χ3v) is 3.28. The average molecular weight is 311 g/mol. The maximum atomic E-state index is 12.7. The number of hydrogen-bond acceptors (Lipinski definition) is 3. The molecule has 0 aliphatic heterocycles. The Hall–Kier alpha value is -2.11. The lowest BCUT2D eigenvalue weighted by Crippen LogP contribution is -2.19. The molecule has 0 amide bonds. The van der Waals surface area contributed by atoms with Gasteiger partial charge in [0.2, 0.25) is 5.76 Å². The van der Waals surface area contributed by atoms with Gasteiger partial charge in [0.15, 0.2) is 5.78 Å². The number of Topliss-reactive ketones (excluding diaryl/α,β-unsaturated/α-hetero) is 1. The van der Waals surface area contributed by atoms with Crippen molar-refractivity contribution in [3.8, 4) is 11.3 Å². The smallest absolute Gasteiger partial charge is 0.351 e. The van der Waals surface area contributed by atoms with Crippen LogP contribution in [0.2, 0.25) is 0 Å². The van der Waals surface area contributed by atoms with Crippen molar-refractivity contribution >= 4 is 5.78 Å². The summed E-state index contributed by atoms with van der Waals surface area (Å²) in [5.41, 5.74) is 0.523. The van der Waals surface area contributed by atoms with Crippen molar-refractivity contribution in [3.05, 3.63) is 41.2 Å². The summed E-state index contributed by atoms with van der Waals surface area (Å²) >= 11 is 0. The van der Waals surface area contributed by atoms with E-state index >= 15 is 0 Å². The van der Waals surface area contributed by atoms with Crippen LogP contribution < -0.4 is 0 Å². The van der Waals surface area contributed by atoms with Gasteiger partial charge >= 0.3 is 6.18 Å². The largest absolute Gasteiger partial charge is 0.452 e. The van der Waals surface area contributed by atoms with Gasteiger partial charge in [0.25, 0.3) is 0 Å². The predicted molar refractivity (Wildman–Crippen MR) is 75.5 cm³/mol. The summed E-state index contributed by atoms with van der Waals surface area (Å²) in [4.78, 5) is 12.1. The molecule has 3 nitrogen and oxygen atoms in total. The maximum absolute atomic E-state index is 12.7. The number of carbonyl (C=O) groups is 1. The van der Waals surface area contributed by atoms with E-state index in [2.05, 4.69) is 9.68 Å². The van der Waals surface area contributed by atoms with Crippen LogP contribution in [0.15, 0.2) is 28.8 Å². The van der Waals surface area contributed by atoms with Crippen LogP contribution in [0.25, 0.3) is 11.3 Å². The van der Waals surface area contributed by atoms with Crippen LogP contribution in [0, 0.1) is 12.3 Å². The second-order valence-electron chi connectivity index (χ2n) is 6.14. The molecule has 0 saturated heterocycles. The molecule has 0 aliphatic carbocycles. The number of alkyl halides is 3. The Balaban J connectivity index is 2.37. The molecule has 0 radical (unpaired) electrons. The molecule has 0 saturated carbocycles. The van der Waals surface area contributed by atoms with E-state index in [0.717, 1.165) is 0 Å². The number of rotatable bonds is 2. The fraction of sp³-hybridized carbons (Fsp3) is 0.375. The fourth-order valence-corrected chi connectivity index (χ4v) is 2.08. The minimum atomic E-state index is -4.57. The van der Waals surface area contributed by atoms with Crippen LogP contribution in [-0.4, -0.2) is 10.9 Å². The Morgan fingerprint density at radius 3 is 2.05 bits per heavy atom. The molecule has 0 aliphatic rings. The van der Waals surface area contributed by atoms with E-state index in [4.69, 9.17) is 0 Å². The van der Waals surface area contributed by atoms with Gasteiger partial charge in [0.1, 0.15) is 5.69 Å². The highest BCUT2D eigenvalue weighted by Crippen LogP contribution is 2.36. The first-order chi connectivity index (χ1) is 10.0. The van der Waals surface area contributed by atoms with Gasteiger partial charge in [-0.05, 0) is 6.92 Å². The highest BCUT2D eigenvalue weighted by Gasteiger charge is 2.39. The third kappa shape index (κ3) is 3.05. The summed E-state index contributed by atoms with van der Waals surface area (Å²) in [7, 11) is 0. The summed E-state index contributed by atoms with van der Waals surface area (Å²) < 4.78 is 42.5. The Bertz CT molecular complexity index is 692. The second kappa shape index (κ2) is 5.26. The molecular weight excluding hydrogens is 295 g/mol. The molecular formula is C16H16F3NO2. The number of benzene rings is 1. The van der Waals surface area contributed by atoms with Gasteiger partial charge in [0, 0.05) is 22.1 Å². The molecule has 2 rings (SSSR count). The highest BCUT2D eigenvalue weighted by atomic mass is 19.4. The minimum Gasteiger partial charge on any atom is -0.351 e. The highest BCUT2D eigenvalue weighted by molar-refractivity contribution is 6.00. The lowest BCUT2D eigenvalue weighted by Gasteiger charge is -2.16. The standard InChI is InChI=1S/C16H16F3NO2/c1-9-12(20-22-14(9)16(17,18)19)10-5-7-11(8-6-10)13(21)15(2,3)4/h5-8H,1-4H3. The molecule has 6 heteroatoms. The first kappa shape index (κ1) is 16.3. The quantitative estimate of drug-likeness (QED) is 0.741. The molecule has 22 heavy (non-hydrogen) atoms. The number of halogens is 3. The van der Waals surface area contributed by atoms with Gasteiger partial charge < -0.3 is 4.52 Å². The molecule has 0 unspecified atom stereocenters. The molecule has 118 valence electrons. The Morgan fingerprint density at radius 2 is 1.64 bits per heavy atom. The number of carbonyl (C=O) groups excluding carboxylic acids is 1. The molecule has 0 fully saturated rings. The van der Waals surface area contributed by atoms with Gasteiger partial charge in [-0.15, -0.1) is 0 Å². The zero-order valence-electron chi connectivity index (χ0n) is 12.7. The summed E-state index contributed by atoms with van der Waals surface area (Å²) in [6.45, 7) is 6.73. The number of hydrogen-bond donors (Lipinski definition) is 0. The Labute approximate surface area is 126 Å². The van der Waals surface area contributed by atoms with Gasteiger partial charge in [-0.25, -0.2) is 0 Å². The summed E-state index contributed by atoms with van der Waals surface area (Å²) in [6.07, 6.45) is -4.57. The molecule has 0 bridgehead atoms. The van der Waals surface area contributed by atoms with Crippen LogP contribution in [-0.2, 0) is 6.18 Å². The van der Waals surface area contributed by atoms with E-state index in [1.54, 1.807) is 45.0 Å². The van der Waals surface area contributed by atoms with Crippen LogP contribution in [0.3, 0.4) is 0 Å². The van der Waals surface area contributed by atoms with Crippen molar-refractivity contribution in [2.45, 2.75) is 33.9 Å². The van der Waals surface area contributed by atoms with Crippen LogP contribution >= 0.6 is 0 Å². The van der Waals surface area contributed by atoms with Gasteiger partial charge in [0.05, 0.1) is 0 Å². The molecule has 2 aromatic rings. The minimum absolute atomic E-state index is 0.0353. The van der Waals surface area contributed by atoms with E-state index in [0.29, 0.717) is 11.1 Å². The Kier molecular flexibility index (Phi) is 3.89. The monoisotopic (exact) mass is 311 g/mol. The SMILES string of the molecule is Cc1c(-c2ccc(C(=O)C(C)(C)C)cc2)noc1C(F)(F)F. The summed E-state index contributed by atoms with van der Waals surface area (Å²) in [6, 6.07) is 6.32. The van der Waals surface area contributed by atoms with Gasteiger partial charge in [-0.3, -0.25) is 4.79 Å². The zero-order valence-corrected chi connectivity index (χ0v) is 12.7. The first-order valence-electron chi connectivity index (χ1n) is 6.70. The normalized spacial score (nSPS) is 12.5. The average Bonchev–Trinajstić information content (AvgIpc) is 2.79. The molecule has 0 atom stereocenters. The summed E-state index contributed by atoms with van der Waals surface area (Å²) in [5.74, 6) is -1.13. The Morgan fingerprint density at radius 1 is 1.09 bits per heavy atom. The summed E-state index contributed by atoms with van der Waals surface area (Å²) in [5, 5.41) is 3.50. The maximum Gasteiger partial charge on any atom is 0.452 e. The van der Waals surface area contributed by atoms with Crippen LogP contribution in [0.4, 0.5) is 13.2 Å². The molecule has 1 aromatic carbocycles. The van der Waals surface area contributed by atoms with Gasteiger partial charge in [-0.1, -0.05) is 50.2 Å². The molecule has 1 heterocycles. The van der Waals surface area contributed by atoms with E-state index in [1.807, 2.05) is 0 Å².